The maximum Gasteiger partial charge on any atom is 0.160 e. The molecule has 0 amide bonds. The predicted octanol–water partition coefficient (Wildman–Crippen LogP) is 5.45. The highest BCUT2D eigenvalue weighted by Crippen LogP contribution is 2.42. The molecule has 0 aliphatic rings. The van der Waals surface area contributed by atoms with Gasteiger partial charge in [-0.15, -0.1) is 0 Å². The molecule has 136 valence electrons. The van der Waals surface area contributed by atoms with Crippen molar-refractivity contribution in [1.29, 1.82) is 0 Å². The van der Waals surface area contributed by atoms with Crippen LogP contribution in [0, 0.1) is 0 Å². The molecule has 2 aromatic rings. The van der Waals surface area contributed by atoms with Gasteiger partial charge < -0.3 is 20.3 Å². The van der Waals surface area contributed by atoms with E-state index in [4.69, 9.17) is 4.74 Å². The molecule has 2 rings (SSSR count). The third-order valence-corrected chi connectivity index (χ3v) is 4.19. The maximum absolute atomic E-state index is 10.8. The SMILES string of the molecule is COc1ccc(Nc2cc(C(C)(C)C)c(O)c(C(C)(C)C)c2)cc1O. The molecule has 0 spiro atoms. The van der Waals surface area contributed by atoms with Gasteiger partial charge in [0.05, 0.1) is 7.11 Å². The first-order valence-corrected chi connectivity index (χ1v) is 8.45. The van der Waals surface area contributed by atoms with Gasteiger partial charge in [-0.05, 0) is 35.1 Å². The third kappa shape index (κ3) is 4.19. The Kier molecular flexibility index (Phi) is 4.94. The minimum atomic E-state index is -0.191. The lowest BCUT2D eigenvalue weighted by molar-refractivity contribution is 0.373. The van der Waals surface area contributed by atoms with Crippen LogP contribution in [0.5, 0.6) is 17.2 Å². The van der Waals surface area contributed by atoms with Crippen LogP contribution < -0.4 is 10.1 Å². The third-order valence-electron chi connectivity index (χ3n) is 4.19. The Hall–Kier alpha value is -2.36. The molecule has 4 heteroatoms. The summed E-state index contributed by atoms with van der Waals surface area (Å²) >= 11 is 0. The lowest BCUT2D eigenvalue weighted by Gasteiger charge is -2.28. The van der Waals surface area contributed by atoms with E-state index in [9.17, 15) is 10.2 Å². The molecular formula is C21H29NO3. The van der Waals surface area contributed by atoms with Crippen LogP contribution in [0.3, 0.4) is 0 Å². The lowest BCUT2D eigenvalue weighted by atomic mass is 9.79. The Morgan fingerprint density at radius 3 is 1.72 bits per heavy atom. The van der Waals surface area contributed by atoms with Crippen LogP contribution >= 0.6 is 0 Å². The number of phenols is 2. The molecule has 25 heavy (non-hydrogen) atoms. The number of ether oxygens (including phenoxy) is 1. The maximum atomic E-state index is 10.8. The summed E-state index contributed by atoms with van der Waals surface area (Å²) in [5, 5.41) is 24.1. The van der Waals surface area contributed by atoms with Gasteiger partial charge in [0.25, 0.3) is 0 Å². The van der Waals surface area contributed by atoms with Gasteiger partial charge in [-0.25, -0.2) is 0 Å². The van der Waals surface area contributed by atoms with Crippen LogP contribution in [-0.4, -0.2) is 17.3 Å². The number of hydrogen-bond acceptors (Lipinski definition) is 4. The summed E-state index contributed by atoms with van der Waals surface area (Å²) in [7, 11) is 1.52. The minimum Gasteiger partial charge on any atom is -0.507 e. The Bertz CT molecular complexity index is 733. The smallest absolute Gasteiger partial charge is 0.160 e. The van der Waals surface area contributed by atoms with Crippen molar-refractivity contribution >= 4 is 11.4 Å². The standard InChI is InChI=1S/C21H29NO3/c1-20(2,3)15-10-14(11-16(19(15)24)21(4,5)6)22-13-8-9-18(25-7)17(23)12-13/h8-12,22-24H,1-7H3. The van der Waals surface area contributed by atoms with Crippen LogP contribution in [0.2, 0.25) is 0 Å². The van der Waals surface area contributed by atoms with Gasteiger partial charge >= 0.3 is 0 Å². The van der Waals surface area contributed by atoms with E-state index in [1.165, 1.54) is 7.11 Å². The second-order valence-corrected chi connectivity index (χ2v) is 8.43. The van der Waals surface area contributed by atoms with Gasteiger partial charge in [-0.1, -0.05) is 41.5 Å². The van der Waals surface area contributed by atoms with Crippen LogP contribution in [0.25, 0.3) is 0 Å². The van der Waals surface area contributed by atoms with E-state index in [-0.39, 0.29) is 16.6 Å². The van der Waals surface area contributed by atoms with Gasteiger partial charge in [0, 0.05) is 28.6 Å². The van der Waals surface area contributed by atoms with E-state index in [1.807, 2.05) is 18.2 Å². The topological polar surface area (TPSA) is 61.7 Å². The lowest BCUT2D eigenvalue weighted by Crippen LogP contribution is -2.17. The second kappa shape index (κ2) is 6.51. The van der Waals surface area contributed by atoms with E-state index >= 15 is 0 Å². The number of aromatic hydroxyl groups is 2. The first-order chi connectivity index (χ1) is 11.4. The van der Waals surface area contributed by atoms with Gasteiger partial charge in [0.15, 0.2) is 11.5 Å². The number of anilines is 2. The van der Waals surface area contributed by atoms with E-state index in [1.54, 1.807) is 12.1 Å². The fraction of sp³-hybridized carbons (Fsp3) is 0.429. The Morgan fingerprint density at radius 1 is 0.800 bits per heavy atom. The molecule has 0 saturated carbocycles. The highest BCUT2D eigenvalue weighted by Gasteiger charge is 2.26. The summed E-state index contributed by atoms with van der Waals surface area (Å²) in [5.41, 5.74) is 3.02. The molecular weight excluding hydrogens is 314 g/mol. The van der Waals surface area contributed by atoms with Crippen molar-refractivity contribution in [3.05, 3.63) is 41.5 Å². The molecule has 0 radical (unpaired) electrons. The summed E-state index contributed by atoms with van der Waals surface area (Å²) in [4.78, 5) is 0. The van der Waals surface area contributed by atoms with E-state index in [0.29, 0.717) is 11.5 Å². The van der Waals surface area contributed by atoms with Crippen molar-refractivity contribution in [1.82, 2.24) is 0 Å². The molecule has 0 fully saturated rings. The van der Waals surface area contributed by atoms with E-state index in [0.717, 1.165) is 22.5 Å². The first kappa shape index (κ1) is 19.0. The van der Waals surface area contributed by atoms with Crippen molar-refractivity contribution < 1.29 is 14.9 Å². The molecule has 0 bridgehead atoms. The summed E-state index contributed by atoms with van der Waals surface area (Å²) in [5.74, 6) is 0.864. The van der Waals surface area contributed by atoms with Gasteiger partial charge in [-0.2, -0.15) is 0 Å². The van der Waals surface area contributed by atoms with Crippen molar-refractivity contribution in [3.63, 3.8) is 0 Å². The summed E-state index contributed by atoms with van der Waals surface area (Å²) < 4.78 is 5.08. The van der Waals surface area contributed by atoms with Crippen LogP contribution in [-0.2, 0) is 10.8 Å². The number of phenolic OH excluding ortho intramolecular Hbond substituents is 2. The van der Waals surface area contributed by atoms with E-state index in [2.05, 4.69) is 46.9 Å². The molecule has 4 nitrogen and oxygen atoms in total. The van der Waals surface area contributed by atoms with Gasteiger partial charge in [0.2, 0.25) is 0 Å². The quantitative estimate of drug-likeness (QED) is 0.649. The number of nitrogens with one attached hydrogen (secondary N) is 1. The normalized spacial score (nSPS) is 12.1. The second-order valence-electron chi connectivity index (χ2n) is 8.43. The fourth-order valence-electron chi connectivity index (χ4n) is 2.78. The zero-order valence-corrected chi connectivity index (χ0v) is 16.2. The highest BCUT2D eigenvalue weighted by atomic mass is 16.5. The Labute approximate surface area is 150 Å². The number of benzene rings is 2. The average molecular weight is 343 g/mol. The molecule has 0 heterocycles. The zero-order chi connectivity index (χ0) is 19.0. The van der Waals surface area contributed by atoms with Crippen molar-refractivity contribution in [3.8, 4) is 17.2 Å². The monoisotopic (exact) mass is 343 g/mol. The van der Waals surface area contributed by atoms with Gasteiger partial charge in [-0.3, -0.25) is 0 Å². The van der Waals surface area contributed by atoms with E-state index < -0.39 is 0 Å². The first-order valence-electron chi connectivity index (χ1n) is 8.45. The zero-order valence-electron chi connectivity index (χ0n) is 16.2. The largest absolute Gasteiger partial charge is 0.507 e. The number of methoxy groups -OCH3 is 1. The number of hydrogen-bond donors (Lipinski definition) is 3. The Morgan fingerprint density at radius 2 is 1.32 bits per heavy atom. The highest BCUT2D eigenvalue weighted by molar-refractivity contribution is 5.67. The van der Waals surface area contributed by atoms with Crippen LogP contribution in [0.15, 0.2) is 30.3 Å². The molecule has 2 aromatic carbocycles. The van der Waals surface area contributed by atoms with Crippen molar-refractivity contribution in [2.24, 2.45) is 0 Å². The molecule has 0 aliphatic heterocycles. The fourth-order valence-corrected chi connectivity index (χ4v) is 2.78. The average Bonchev–Trinajstić information content (AvgIpc) is 2.46. The number of rotatable bonds is 3. The molecule has 0 aliphatic carbocycles. The molecule has 0 aromatic heterocycles. The Balaban J connectivity index is 2.52. The van der Waals surface area contributed by atoms with Crippen molar-refractivity contribution in [2.45, 2.75) is 52.4 Å². The van der Waals surface area contributed by atoms with Gasteiger partial charge in [0.1, 0.15) is 5.75 Å². The minimum absolute atomic E-state index is 0.0818. The summed E-state index contributed by atoms with van der Waals surface area (Å²) in [6, 6.07) is 9.11. The molecule has 3 N–H and O–H groups in total. The molecule has 0 unspecified atom stereocenters. The predicted molar refractivity (Wildman–Crippen MR) is 103 cm³/mol. The summed E-state index contributed by atoms with van der Waals surface area (Å²) in [6.07, 6.45) is 0. The van der Waals surface area contributed by atoms with Crippen LogP contribution in [0.4, 0.5) is 11.4 Å². The molecule has 0 saturated heterocycles. The van der Waals surface area contributed by atoms with Crippen LogP contribution in [0.1, 0.15) is 52.7 Å². The molecule has 0 atom stereocenters. The summed E-state index contributed by atoms with van der Waals surface area (Å²) in [6.45, 7) is 12.5. The van der Waals surface area contributed by atoms with Crippen molar-refractivity contribution in [2.75, 3.05) is 12.4 Å².